The second kappa shape index (κ2) is 12.5. The van der Waals surface area contributed by atoms with Crippen LogP contribution in [0.1, 0.15) is 79.4 Å². The minimum Gasteiger partial charge on any atom is -0.465 e. The number of benzene rings is 1. The second-order valence-corrected chi connectivity index (χ2v) is 12.6. The van der Waals surface area contributed by atoms with Crippen LogP contribution >= 0.6 is 11.6 Å². The summed E-state index contributed by atoms with van der Waals surface area (Å²) in [4.78, 5) is 64.4. The first-order valence-corrected chi connectivity index (χ1v) is 15.1. The van der Waals surface area contributed by atoms with Gasteiger partial charge in [-0.1, -0.05) is 30.9 Å². The predicted octanol–water partition coefficient (Wildman–Crippen LogP) is 6.70. The number of amides is 2. The van der Waals surface area contributed by atoms with Crippen LogP contribution in [0.4, 0.5) is 10.6 Å². The van der Waals surface area contributed by atoms with Gasteiger partial charge < -0.3 is 19.2 Å². The van der Waals surface area contributed by atoms with Gasteiger partial charge in [0.25, 0.3) is 5.91 Å². The van der Waals surface area contributed by atoms with Gasteiger partial charge in [-0.2, -0.15) is 0 Å². The third-order valence-electron chi connectivity index (χ3n) is 7.83. The van der Waals surface area contributed by atoms with Crippen molar-refractivity contribution in [2.45, 2.75) is 64.0 Å². The zero-order chi connectivity index (χ0) is 32.5. The highest BCUT2D eigenvalue weighted by atomic mass is 35.5. The number of ether oxygens (including phenoxy) is 2. The van der Waals surface area contributed by atoms with E-state index in [9.17, 15) is 19.2 Å². The van der Waals surface area contributed by atoms with E-state index in [1.807, 2.05) is 0 Å². The minimum absolute atomic E-state index is 0.147. The predicted molar refractivity (Wildman–Crippen MR) is 169 cm³/mol. The lowest BCUT2D eigenvalue weighted by molar-refractivity contribution is -0.127. The first kappa shape index (κ1) is 31.9. The Hall–Kier alpha value is -4.51. The number of fused-ring (bicyclic) bond motifs is 1. The number of carbonyl (C=O) groups excluding carboxylic acids is 4. The molecule has 2 aromatic heterocycles. The lowest BCUT2D eigenvalue weighted by Gasteiger charge is -2.30. The second-order valence-electron chi connectivity index (χ2n) is 12.2. The molecule has 3 heterocycles. The van der Waals surface area contributed by atoms with Crippen molar-refractivity contribution < 1.29 is 33.1 Å². The third-order valence-corrected chi connectivity index (χ3v) is 8.05. The van der Waals surface area contributed by atoms with Gasteiger partial charge in [-0.05, 0) is 70.0 Å². The number of aliphatic imine (C=N–C) groups is 1. The third kappa shape index (κ3) is 6.49. The van der Waals surface area contributed by atoms with Crippen LogP contribution in [0.3, 0.4) is 0 Å². The number of nitrogens with one attached hydrogen (secondary N) is 1. The fourth-order valence-electron chi connectivity index (χ4n) is 5.65. The minimum atomic E-state index is -1.76. The fourth-order valence-corrected chi connectivity index (χ4v) is 5.76. The fraction of sp³-hybridized carbons (Fsp3) is 0.394. The molecule has 5 rings (SSSR count). The smallest absolute Gasteiger partial charge is 0.414 e. The number of furan rings is 1. The normalized spacial score (nSPS) is 18.4. The van der Waals surface area contributed by atoms with E-state index < -0.39 is 29.1 Å². The standard InChI is InChI=1S/C33H35ClN4O7/c1-32(2,3)45-31(42)38(4)22-16-33(36-18-22,28(39)19-9-7-6-8-10-19)26-23-15-20(30(41)43-5)11-13-24(23)44-27(26)29(40)37-25-14-12-21(34)17-35-25/h11-19H,6-10H2,1-5H3,(H,35,37,40). The van der Waals surface area contributed by atoms with Crippen LogP contribution in [0.25, 0.3) is 11.0 Å². The van der Waals surface area contributed by atoms with Crippen molar-refractivity contribution in [1.82, 2.24) is 9.88 Å². The lowest BCUT2D eigenvalue weighted by Crippen LogP contribution is -2.39. The molecule has 1 saturated carbocycles. The molecular weight excluding hydrogens is 600 g/mol. The van der Waals surface area contributed by atoms with Gasteiger partial charge in [-0.3, -0.25) is 19.5 Å². The molecule has 1 aliphatic carbocycles. The molecule has 11 nitrogen and oxygen atoms in total. The van der Waals surface area contributed by atoms with E-state index in [0.717, 1.165) is 19.3 Å². The van der Waals surface area contributed by atoms with Gasteiger partial charge in [0.15, 0.2) is 17.1 Å². The number of carbonyl (C=O) groups is 4. The van der Waals surface area contributed by atoms with Crippen molar-refractivity contribution in [3.63, 3.8) is 0 Å². The summed E-state index contributed by atoms with van der Waals surface area (Å²) in [7, 11) is 2.79. The van der Waals surface area contributed by atoms with Gasteiger partial charge in [0.05, 0.1) is 29.0 Å². The molecular formula is C33H35ClN4O7. The van der Waals surface area contributed by atoms with E-state index in [2.05, 4.69) is 10.3 Å². The summed E-state index contributed by atoms with van der Waals surface area (Å²) in [5.41, 5.74) is -1.63. The van der Waals surface area contributed by atoms with Crippen molar-refractivity contribution >= 4 is 58.4 Å². The Morgan fingerprint density at radius 2 is 1.82 bits per heavy atom. The topological polar surface area (TPSA) is 140 Å². The average molecular weight is 635 g/mol. The Bertz CT molecular complexity index is 1710. The molecule has 1 fully saturated rings. The molecule has 2 aliphatic rings. The number of halogens is 1. The molecule has 0 spiro atoms. The van der Waals surface area contributed by atoms with Crippen LogP contribution < -0.4 is 5.32 Å². The number of rotatable bonds is 7. The monoisotopic (exact) mass is 634 g/mol. The molecule has 236 valence electrons. The quantitative estimate of drug-likeness (QED) is 0.283. The number of Topliss-reactive ketones (excluding diaryl/α,β-unsaturated/α-hetero) is 1. The van der Waals surface area contributed by atoms with E-state index in [-0.39, 0.29) is 40.0 Å². The van der Waals surface area contributed by atoms with E-state index in [1.54, 1.807) is 32.9 Å². The number of ketones is 1. The SMILES string of the molecule is COC(=O)c1ccc2oc(C(=O)Nc3ccc(Cl)cn3)c(C3(C(=O)C4CCCCC4)C=C(N(C)C(=O)OC(C)(C)C)C=N3)c2c1. The highest BCUT2D eigenvalue weighted by Crippen LogP contribution is 2.45. The number of hydrogen-bond donors (Lipinski definition) is 1. The van der Waals surface area contributed by atoms with Gasteiger partial charge >= 0.3 is 12.1 Å². The lowest BCUT2D eigenvalue weighted by atomic mass is 9.74. The van der Waals surface area contributed by atoms with Crippen molar-refractivity contribution in [2.75, 3.05) is 19.5 Å². The number of allylic oxidation sites excluding steroid dienone is 1. The molecule has 3 aromatic rings. The zero-order valence-corrected chi connectivity index (χ0v) is 26.6. The molecule has 1 N–H and O–H groups in total. The molecule has 1 aliphatic heterocycles. The van der Waals surface area contributed by atoms with Gasteiger partial charge in [-0.15, -0.1) is 0 Å². The summed E-state index contributed by atoms with van der Waals surface area (Å²) in [5, 5.41) is 3.42. The van der Waals surface area contributed by atoms with Gasteiger partial charge in [0.1, 0.15) is 17.0 Å². The van der Waals surface area contributed by atoms with Crippen molar-refractivity contribution in [3.05, 3.63) is 70.2 Å². The molecule has 1 unspecified atom stereocenters. The van der Waals surface area contributed by atoms with E-state index >= 15 is 0 Å². The summed E-state index contributed by atoms with van der Waals surface area (Å²) in [5.74, 6) is -1.89. The van der Waals surface area contributed by atoms with E-state index in [4.69, 9.17) is 30.5 Å². The number of methoxy groups -OCH3 is 1. The van der Waals surface area contributed by atoms with Crippen LogP contribution in [0.5, 0.6) is 0 Å². The van der Waals surface area contributed by atoms with Crippen LogP contribution in [-0.2, 0) is 19.8 Å². The zero-order valence-electron chi connectivity index (χ0n) is 25.8. The van der Waals surface area contributed by atoms with Crippen LogP contribution in [0, 0.1) is 5.92 Å². The number of pyridine rings is 1. The van der Waals surface area contributed by atoms with Gasteiger partial charge in [0, 0.05) is 30.8 Å². The van der Waals surface area contributed by atoms with Gasteiger partial charge in [0.2, 0.25) is 0 Å². The number of aromatic nitrogens is 1. The van der Waals surface area contributed by atoms with Crippen molar-refractivity contribution in [3.8, 4) is 0 Å². The van der Waals surface area contributed by atoms with Crippen molar-refractivity contribution in [2.24, 2.45) is 10.9 Å². The Kier molecular flexibility index (Phi) is 8.84. The highest BCUT2D eigenvalue weighted by molar-refractivity contribution is 6.30. The maximum Gasteiger partial charge on any atom is 0.414 e. The van der Waals surface area contributed by atoms with Gasteiger partial charge in [-0.25, -0.2) is 14.6 Å². The summed E-state index contributed by atoms with van der Waals surface area (Å²) in [6.07, 6.45) is 7.81. The molecule has 0 radical (unpaired) electrons. The number of esters is 1. The van der Waals surface area contributed by atoms with E-state index in [0.29, 0.717) is 28.9 Å². The molecule has 1 atom stereocenters. The molecule has 12 heteroatoms. The summed E-state index contributed by atoms with van der Waals surface area (Å²) in [6, 6.07) is 7.67. The number of anilines is 1. The maximum absolute atomic E-state index is 14.7. The largest absolute Gasteiger partial charge is 0.465 e. The Morgan fingerprint density at radius 3 is 2.47 bits per heavy atom. The summed E-state index contributed by atoms with van der Waals surface area (Å²) >= 11 is 5.98. The highest BCUT2D eigenvalue weighted by Gasteiger charge is 2.49. The first-order valence-electron chi connectivity index (χ1n) is 14.7. The van der Waals surface area contributed by atoms with Crippen LogP contribution in [-0.4, -0.2) is 59.6 Å². The molecule has 1 aromatic carbocycles. The Labute approximate surface area is 265 Å². The molecule has 0 saturated heterocycles. The molecule has 0 bridgehead atoms. The first-order chi connectivity index (χ1) is 21.3. The van der Waals surface area contributed by atoms with E-state index in [1.165, 1.54) is 55.7 Å². The van der Waals surface area contributed by atoms with Crippen molar-refractivity contribution in [1.29, 1.82) is 0 Å². The molecule has 45 heavy (non-hydrogen) atoms. The summed E-state index contributed by atoms with van der Waals surface area (Å²) in [6.45, 7) is 5.26. The molecule has 2 amide bonds. The Balaban J connectivity index is 1.72. The van der Waals surface area contributed by atoms with Crippen LogP contribution in [0.2, 0.25) is 5.02 Å². The van der Waals surface area contributed by atoms with Crippen LogP contribution in [0.15, 0.2) is 57.7 Å². The number of hydrogen-bond acceptors (Lipinski definition) is 9. The Morgan fingerprint density at radius 1 is 1.09 bits per heavy atom. The average Bonchev–Trinajstić information content (AvgIpc) is 3.63. The number of nitrogens with zero attached hydrogens (tertiary/aromatic N) is 3. The maximum atomic E-state index is 14.7. The summed E-state index contributed by atoms with van der Waals surface area (Å²) < 4.78 is 16.6.